The quantitative estimate of drug-likeness (QED) is 0.481. The van der Waals surface area contributed by atoms with Crippen LogP contribution in [0.1, 0.15) is 27.6 Å². The maximum Gasteiger partial charge on any atom is 0.339 e. The first kappa shape index (κ1) is 13.6. The van der Waals surface area contributed by atoms with Gasteiger partial charge in [-0.3, -0.25) is 10.1 Å². The van der Waals surface area contributed by atoms with Crippen LogP contribution in [0.25, 0.3) is 0 Å². The molecule has 0 saturated carbocycles. The third-order valence-corrected chi connectivity index (χ3v) is 3.95. The lowest BCUT2D eigenvalue weighted by Crippen LogP contribution is -2.22. The molecule has 2 aliphatic rings. The third kappa shape index (κ3) is 2.26. The van der Waals surface area contributed by atoms with E-state index in [9.17, 15) is 14.9 Å². The summed E-state index contributed by atoms with van der Waals surface area (Å²) in [5, 5.41) is 10.8. The number of ether oxygens (including phenoxy) is 3. The molecule has 1 atom stereocenters. The molecule has 0 amide bonds. The Bertz CT molecular complexity index is 831. The van der Waals surface area contributed by atoms with Crippen molar-refractivity contribution in [1.29, 1.82) is 0 Å². The fraction of sp³-hybridized carbons (Fsp3) is 0.188. The Balaban J connectivity index is 1.67. The maximum absolute atomic E-state index is 12.2. The highest BCUT2D eigenvalue weighted by Gasteiger charge is 2.30. The van der Waals surface area contributed by atoms with Gasteiger partial charge in [-0.05, 0) is 23.3 Å². The van der Waals surface area contributed by atoms with E-state index in [-0.39, 0.29) is 18.0 Å². The fourth-order valence-electron chi connectivity index (χ4n) is 2.78. The van der Waals surface area contributed by atoms with E-state index in [4.69, 9.17) is 14.2 Å². The molecule has 2 aromatic rings. The second-order valence-electron chi connectivity index (χ2n) is 5.31. The number of rotatable bonds is 2. The first-order valence-corrected chi connectivity index (χ1v) is 6.99. The molecule has 0 bridgehead atoms. The number of benzene rings is 2. The van der Waals surface area contributed by atoms with Crippen LogP contribution in [0.4, 0.5) is 5.69 Å². The molecular weight excluding hydrogens is 302 g/mol. The first-order valence-electron chi connectivity index (χ1n) is 6.99. The van der Waals surface area contributed by atoms with E-state index in [1.54, 1.807) is 18.2 Å². The molecule has 0 spiro atoms. The SMILES string of the molecule is O=C1OC(c2ccc3c(c2)OCO3)Cc2ccc([N+](=O)[O-])cc21. The van der Waals surface area contributed by atoms with Crippen LogP contribution < -0.4 is 9.47 Å². The summed E-state index contributed by atoms with van der Waals surface area (Å²) in [5.74, 6) is 0.720. The van der Waals surface area contributed by atoms with E-state index >= 15 is 0 Å². The smallest absolute Gasteiger partial charge is 0.339 e. The number of cyclic esters (lactones) is 1. The molecular formula is C16H11NO6. The Morgan fingerprint density at radius 1 is 1.09 bits per heavy atom. The summed E-state index contributed by atoms with van der Waals surface area (Å²) in [6.45, 7) is 0.176. The zero-order valence-electron chi connectivity index (χ0n) is 11.9. The molecule has 23 heavy (non-hydrogen) atoms. The number of nitro groups is 1. The molecule has 0 aliphatic carbocycles. The molecule has 7 heteroatoms. The topological polar surface area (TPSA) is 87.9 Å². The largest absolute Gasteiger partial charge is 0.454 e. The molecule has 116 valence electrons. The number of hydrogen-bond donors (Lipinski definition) is 0. The first-order chi connectivity index (χ1) is 11.1. The van der Waals surface area contributed by atoms with Crippen LogP contribution in [-0.2, 0) is 11.2 Å². The molecule has 0 aromatic heterocycles. The van der Waals surface area contributed by atoms with Gasteiger partial charge in [-0.1, -0.05) is 12.1 Å². The van der Waals surface area contributed by atoms with Crippen molar-refractivity contribution in [3.8, 4) is 11.5 Å². The fourth-order valence-corrected chi connectivity index (χ4v) is 2.78. The predicted molar refractivity (Wildman–Crippen MR) is 77.5 cm³/mol. The van der Waals surface area contributed by atoms with Gasteiger partial charge in [0.1, 0.15) is 6.10 Å². The Hall–Kier alpha value is -3.09. The number of hydrogen-bond acceptors (Lipinski definition) is 6. The number of fused-ring (bicyclic) bond motifs is 2. The van der Waals surface area contributed by atoms with Gasteiger partial charge in [0, 0.05) is 18.6 Å². The minimum Gasteiger partial charge on any atom is -0.454 e. The van der Waals surface area contributed by atoms with Crippen molar-refractivity contribution in [2.45, 2.75) is 12.5 Å². The van der Waals surface area contributed by atoms with Gasteiger partial charge in [0.2, 0.25) is 6.79 Å². The van der Waals surface area contributed by atoms with Crippen LogP contribution in [0, 0.1) is 10.1 Å². The van der Waals surface area contributed by atoms with Gasteiger partial charge < -0.3 is 14.2 Å². The summed E-state index contributed by atoms with van der Waals surface area (Å²) in [6, 6.07) is 9.64. The third-order valence-electron chi connectivity index (χ3n) is 3.95. The number of nitrogens with zero attached hydrogens (tertiary/aromatic N) is 1. The second-order valence-corrected chi connectivity index (χ2v) is 5.31. The van der Waals surface area contributed by atoms with Gasteiger partial charge in [-0.15, -0.1) is 0 Å². The summed E-state index contributed by atoms with van der Waals surface area (Å²) in [5.41, 5.74) is 1.65. The van der Waals surface area contributed by atoms with Crippen molar-refractivity contribution >= 4 is 11.7 Å². The molecule has 0 N–H and O–H groups in total. The maximum atomic E-state index is 12.2. The average molecular weight is 313 g/mol. The van der Waals surface area contributed by atoms with E-state index in [0.29, 0.717) is 17.9 Å². The van der Waals surface area contributed by atoms with E-state index in [2.05, 4.69) is 0 Å². The van der Waals surface area contributed by atoms with E-state index in [1.807, 2.05) is 6.07 Å². The Morgan fingerprint density at radius 3 is 2.74 bits per heavy atom. The number of nitro benzene ring substituents is 1. The van der Waals surface area contributed by atoms with Gasteiger partial charge in [-0.2, -0.15) is 0 Å². The van der Waals surface area contributed by atoms with Crippen LogP contribution in [0.15, 0.2) is 36.4 Å². The van der Waals surface area contributed by atoms with Crippen molar-refractivity contribution in [3.63, 3.8) is 0 Å². The lowest BCUT2D eigenvalue weighted by molar-refractivity contribution is -0.384. The van der Waals surface area contributed by atoms with E-state index in [1.165, 1.54) is 12.1 Å². The lowest BCUT2D eigenvalue weighted by atomic mass is 9.94. The van der Waals surface area contributed by atoms with Crippen LogP contribution in [0.2, 0.25) is 0 Å². The summed E-state index contributed by atoms with van der Waals surface area (Å²) in [4.78, 5) is 22.5. The van der Waals surface area contributed by atoms with Gasteiger partial charge in [0.25, 0.3) is 5.69 Å². The summed E-state index contributed by atoms with van der Waals surface area (Å²) in [6.07, 6.45) is 0.00424. The van der Waals surface area contributed by atoms with Gasteiger partial charge >= 0.3 is 5.97 Å². The summed E-state index contributed by atoms with van der Waals surface area (Å²) >= 11 is 0. The molecule has 2 aromatic carbocycles. The molecule has 1 unspecified atom stereocenters. The molecule has 2 aliphatic heterocycles. The molecule has 2 heterocycles. The standard InChI is InChI=1S/C16H11NO6/c18-16-12-7-11(17(19)20)3-1-9(12)5-14(23-16)10-2-4-13-15(6-10)22-8-21-13/h1-4,6-7,14H,5,8H2. The summed E-state index contributed by atoms with van der Waals surface area (Å²) < 4.78 is 16.0. The Labute approximate surface area is 130 Å². The normalized spacial score (nSPS) is 18.3. The minimum atomic E-state index is -0.558. The molecule has 4 rings (SSSR count). The van der Waals surface area contributed by atoms with Crippen molar-refractivity contribution < 1.29 is 23.9 Å². The highest BCUT2D eigenvalue weighted by Crippen LogP contribution is 2.38. The van der Waals surface area contributed by atoms with Crippen LogP contribution in [0.3, 0.4) is 0 Å². The number of carbonyl (C=O) groups excluding carboxylic acids is 1. The zero-order valence-corrected chi connectivity index (χ0v) is 11.9. The van der Waals surface area contributed by atoms with Crippen molar-refractivity contribution in [3.05, 3.63) is 63.2 Å². The second kappa shape index (κ2) is 4.98. The van der Waals surface area contributed by atoms with Crippen LogP contribution >= 0.6 is 0 Å². The van der Waals surface area contributed by atoms with Gasteiger partial charge in [0.05, 0.1) is 10.5 Å². The molecule has 0 fully saturated rings. The van der Waals surface area contributed by atoms with Crippen molar-refractivity contribution in [1.82, 2.24) is 0 Å². The monoisotopic (exact) mass is 313 g/mol. The lowest BCUT2D eigenvalue weighted by Gasteiger charge is -2.24. The average Bonchev–Trinajstić information content (AvgIpc) is 3.01. The highest BCUT2D eigenvalue weighted by atomic mass is 16.7. The van der Waals surface area contributed by atoms with Crippen LogP contribution in [-0.4, -0.2) is 17.7 Å². The molecule has 7 nitrogen and oxygen atoms in total. The summed E-state index contributed by atoms with van der Waals surface area (Å²) in [7, 11) is 0. The van der Waals surface area contributed by atoms with Crippen molar-refractivity contribution in [2.24, 2.45) is 0 Å². The Morgan fingerprint density at radius 2 is 1.91 bits per heavy atom. The Kier molecular flexibility index (Phi) is 2.94. The number of non-ortho nitro benzene ring substituents is 1. The van der Waals surface area contributed by atoms with Gasteiger partial charge in [-0.25, -0.2) is 4.79 Å². The minimum absolute atomic E-state index is 0.123. The van der Waals surface area contributed by atoms with Gasteiger partial charge in [0.15, 0.2) is 11.5 Å². The molecule has 0 saturated heterocycles. The van der Waals surface area contributed by atoms with Crippen molar-refractivity contribution in [2.75, 3.05) is 6.79 Å². The highest BCUT2D eigenvalue weighted by molar-refractivity contribution is 5.93. The molecule has 0 radical (unpaired) electrons. The zero-order chi connectivity index (χ0) is 16.0. The van der Waals surface area contributed by atoms with E-state index in [0.717, 1.165) is 11.1 Å². The number of esters is 1. The predicted octanol–water partition coefficient (Wildman–Crippen LogP) is 2.78. The number of carbonyl (C=O) groups is 1. The van der Waals surface area contributed by atoms with Crippen LogP contribution in [0.5, 0.6) is 11.5 Å². The van der Waals surface area contributed by atoms with E-state index < -0.39 is 17.0 Å².